The minimum Gasteiger partial charge on any atom is -0.378 e. The number of carbonyl (C=O) groups is 1. The molecular formula is C17H17N5O4. The number of nitrogens with zero attached hydrogens (tertiary/aromatic N) is 4. The van der Waals surface area contributed by atoms with Gasteiger partial charge in [-0.15, -0.1) is 0 Å². The van der Waals surface area contributed by atoms with Gasteiger partial charge in [-0.25, -0.2) is 4.98 Å². The van der Waals surface area contributed by atoms with Gasteiger partial charge >= 0.3 is 0 Å². The second-order valence-electron chi connectivity index (χ2n) is 5.80. The maximum atomic E-state index is 12.1. The van der Waals surface area contributed by atoms with E-state index in [1.807, 2.05) is 6.07 Å². The number of carbonyl (C=O) groups excluding carboxylic acids is 1. The molecular weight excluding hydrogens is 338 g/mol. The molecule has 3 rings (SSSR count). The molecule has 0 unspecified atom stereocenters. The number of aromatic nitrogens is 1. The lowest BCUT2D eigenvalue weighted by molar-refractivity contribution is -0.384. The van der Waals surface area contributed by atoms with E-state index < -0.39 is 4.92 Å². The molecule has 0 atom stereocenters. The molecule has 1 amide bonds. The van der Waals surface area contributed by atoms with Crippen LogP contribution >= 0.6 is 0 Å². The molecule has 1 aliphatic rings. The van der Waals surface area contributed by atoms with Crippen LogP contribution in [0.1, 0.15) is 12.0 Å². The summed E-state index contributed by atoms with van der Waals surface area (Å²) in [7, 11) is 0. The number of fused-ring (bicyclic) bond motifs is 1. The Kier molecular flexibility index (Phi) is 5.24. The van der Waals surface area contributed by atoms with Crippen molar-refractivity contribution in [1.82, 2.24) is 9.88 Å². The number of hydrogen-bond donors (Lipinski definition) is 1. The Morgan fingerprint density at radius 2 is 2.15 bits per heavy atom. The van der Waals surface area contributed by atoms with Gasteiger partial charge in [0.2, 0.25) is 5.91 Å². The number of nitrogens with one attached hydrogen (secondary N) is 1. The van der Waals surface area contributed by atoms with E-state index in [0.29, 0.717) is 61.6 Å². The van der Waals surface area contributed by atoms with Gasteiger partial charge in [0, 0.05) is 43.6 Å². The fourth-order valence-electron chi connectivity index (χ4n) is 2.78. The van der Waals surface area contributed by atoms with Gasteiger partial charge in [0.05, 0.1) is 35.3 Å². The highest BCUT2D eigenvalue weighted by atomic mass is 16.6. The van der Waals surface area contributed by atoms with Crippen LogP contribution in [0.3, 0.4) is 0 Å². The largest absolute Gasteiger partial charge is 0.378 e. The van der Waals surface area contributed by atoms with E-state index in [0.717, 1.165) is 0 Å². The van der Waals surface area contributed by atoms with Crippen LogP contribution in [0, 0.1) is 21.4 Å². The van der Waals surface area contributed by atoms with Crippen LogP contribution in [0.4, 0.5) is 11.5 Å². The third-order valence-electron chi connectivity index (χ3n) is 4.13. The zero-order chi connectivity index (χ0) is 18.5. The molecule has 9 heteroatoms. The summed E-state index contributed by atoms with van der Waals surface area (Å²) in [5.74, 6) is 0.496. The normalized spacial score (nSPS) is 14.0. The maximum Gasteiger partial charge on any atom is 0.270 e. The number of non-ortho nitro benzene ring substituents is 1. The number of hydrogen-bond acceptors (Lipinski definition) is 7. The smallest absolute Gasteiger partial charge is 0.270 e. The van der Waals surface area contributed by atoms with Gasteiger partial charge in [-0.3, -0.25) is 14.9 Å². The molecule has 1 aromatic carbocycles. The lowest BCUT2D eigenvalue weighted by Gasteiger charge is -2.26. The number of pyridine rings is 1. The molecule has 0 spiro atoms. The quantitative estimate of drug-likeness (QED) is 0.639. The van der Waals surface area contributed by atoms with Gasteiger partial charge in [0.15, 0.2) is 0 Å². The highest BCUT2D eigenvalue weighted by Gasteiger charge is 2.16. The molecule has 134 valence electrons. The van der Waals surface area contributed by atoms with Crippen LogP contribution in [-0.2, 0) is 9.53 Å². The van der Waals surface area contributed by atoms with E-state index in [2.05, 4.69) is 10.3 Å². The molecule has 2 aromatic rings. The van der Waals surface area contributed by atoms with Crippen molar-refractivity contribution < 1.29 is 14.5 Å². The zero-order valence-electron chi connectivity index (χ0n) is 14.0. The lowest BCUT2D eigenvalue weighted by Crippen LogP contribution is -2.41. The molecule has 0 bridgehead atoms. The lowest BCUT2D eigenvalue weighted by atomic mass is 10.1. The van der Waals surface area contributed by atoms with Crippen molar-refractivity contribution >= 4 is 28.3 Å². The van der Waals surface area contributed by atoms with Crippen LogP contribution in [-0.4, -0.2) is 53.6 Å². The summed E-state index contributed by atoms with van der Waals surface area (Å²) in [6.07, 6.45) is 0.307. The van der Waals surface area contributed by atoms with Crippen molar-refractivity contribution in [1.29, 1.82) is 5.26 Å². The van der Waals surface area contributed by atoms with Gasteiger partial charge in [-0.05, 0) is 12.1 Å². The minimum absolute atomic E-state index is 0.0396. The average Bonchev–Trinajstić information content (AvgIpc) is 2.67. The van der Waals surface area contributed by atoms with Crippen molar-refractivity contribution in [3.05, 3.63) is 39.9 Å². The summed E-state index contributed by atoms with van der Waals surface area (Å²) in [5, 5.41) is 23.7. The summed E-state index contributed by atoms with van der Waals surface area (Å²) in [4.78, 5) is 28.6. The number of ether oxygens (including phenoxy) is 1. The SMILES string of the molecule is N#Cc1cc(NCCC(=O)N2CCOCC2)nc2ccc([N+](=O)[O-])cc12. The first-order chi connectivity index (χ1) is 12.6. The number of nitriles is 1. The summed E-state index contributed by atoms with van der Waals surface area (Å²) in [5.41, 5.74) is 0.685. The van der Waals surface area contributed by atoms with Crippen molar-refractivity contribution in [2.75, 3.05) is 38.2 Å². The third-order valence-corrected chi connectivity index (χ3v) is 4.13. The molecule has 0 aliphatic carbocycles. The molecule has 0 radical (unpaired) electrons. The van der Waals surface area contributed by atoms with Crippen molar-refractivity contribution in [2.24, 2.45) is 0 Å². The van der Waals surface area contributed by atoms with Crippen LogP contribution in [0.15, 0.2) is 24.3 Å². The van der Waals surface area contributed by atoms with Gasteiger partial charge in [-0.2, -0.15) is 5.26 Å². The first-order valence-electron chi connectivity index (χ1n) is 8.17. The molecule has 9 nitrogen and oxygen atoms in total. The molecule has 1 N–H and O–H groups in total. The zero-order valence-corrected chi connectivity index (χ0v) is 14.0. The van der Waals surface area contributed by atoms with Crippen LogP contribution in [0.5, 0.6) is 0 Å². The fourth-order valence-corrected chi connectivity index (χ4v) is 2.78. The second kappa shape index (κ2) is 7.76. The maximum absolute atomic E-state index is 12.1. The van der Waals surface area contributed by atoms with Gasteiger partial charge in [0.25, 0.3) is 5.69 Å². The number of nitro groups is 1. The van der Waals surface area contributed by atoms with Crippen molar-refractivity contribution in [3.8, 4) is 6.07 Å². The Morgan fingerprint density at radius 3 is 2.85 bits per heavy atom. The standard InChI is InChI=1S/C17H17N5O4/c18-11-12-9-16(19-4-3-17(23)21-5-7-26-8-6-21)20-15-2-1-13(22(24)25)10-14(12)15/h1-2,9-10H,3-8H2,(H,19,20). The van der Waals surface area contributed by atoms with E-state index in [1.165, 1.54) is 24.3 Å². The van der Waals surface area contributed by atoms with Gasteiger partial charge < -0.3 is 15.0 Å². The topological polar surface area (TPSA) is 121 Å². The fraction of sp³-hybridized carbons (Fsp3) is 0.353. The monoisotopic (exact) mass is 355 g/mol. The summed E-state index contributed by atoms with van der Waals surface area (Å²) < 4.78 is 5.22. The first-order valence-corrected chi connectivity index (χ1v) is 8.17. The molecule has 2 heterocycles. The molecule has 26 heavy (non-hydrogen) atoms. The summed E-state index contributed by atoms with van der Waals surface area (Å²) in [6.45, 7) is 2.70. The number of nitro benzene ring substituents is 1. The van der Waals surface area contributed by atoms with E-state index in [4.69, 9.17) is 4.74 Å². The Morgan fingerprint density at radius 1 is 1.38 bits per heavy atom. The summed E-state index contributed by atoms with van der Waals surface area (Å²) >= 11 is 0. The molecule has 1 saturated heterocycles. The van der Waals surface area contributed by atoms with Gasteiger partial charge in [0.1, 0.15) is 5.82 Å². The molecule has 1 fully saturated rings. The second-order valence-corrected chi connectivity index (χ2v) is 5.80. The van der Waals surface area contributed by atoms with Crippen LogP contribution < -0.4 is 5.32 Å². The van der Waals surface area contributed by atoms with E-state index >= 15 is 0 Å². The summed E-state index contributed by atoms with van der Waals surface area (Å²) in [6, 6.07) is 7.77. The molecule has 0 saturated carbocycles. The Balaban J connectivity index is 1.70. The number of amides is 1. The highest BCUT2D eigenvalue weighted by molar-refractivity contribution is 5.88. The van der Waals surface area contributed by atoms with E-state index in [1.54, 1.807) is 4.90 Å². The van der Waals surface area contributed by atoms with Crippen molar-refractivity contribution in [2.45, 2.75) is 6.42 Å². The van der Waals surface area contributed by atoms with Crippen molar-refractivity contribution in [3.63, 3.8) is 0 Å². The van der Waals surface area contributed by atoms with E-state index in [-0.39, 0.29) is 11.6 Å². The number of benzene rings is 1. The number of morpholine rings is 1. The number of anilines is 1. The third kappa shape index (κ3) is 3.87. The van der Waals surface area contributed by atoms with Gasteiger partial charge in [-0.1, -0.05) is 0 Å². The molecule has 1 aromatic heterocycles. The van der Waals surface area contributed by atoms with E-state index in [9.17, 15) is 20.2 Å². The minimum atomic E-state index is -0.510. The van der Waals surface area contributed by atoms with Crippen LogP contribution in [0.2, 0.25) is 0 Å². The molecule has 1 aliphatic heterocycles. The Bertz CT molecular complexity index is 887. The predicted molar refractivity (Wildman–Crippen MR) is 93.6 cm³/mol. The predicted octanol–water partition coefficient (Wildman–Crippen LogP) is 1.68. The average molecular weight is 355 g/mol. The Hall–Kier alpha value is -3.25. The van der Waals surface area contributed by atoms with Crippen LogP contribution in [0.25, 0.3) is 10.9 Å². The Labute approximate surface area is 149 Å². The number of rotatable bonds is 5. The highest BCUT2D eigenvalue weighted by Crippen LogP contribution is 2.24. The first kappa shape index (κ1) is 17.6.